The smallest absolute Gasteiger partial charge is 0.263 e. The van der Waals surface area contributed by atoms with E-state index in [9.17, 15) is 9.59 Å². The first kappa shape index (κ1) is 19.1. The van der Waals surface area contributed by atoms with Gasteiger partial charge in [-0.15, -0.1) is 11.3 Å². The summed E-state index contributed by atoms with van der Waals surface area (Å²) in [6.45, 7) is 1.05. The van der Waals surface area contributed by atoms with Gasteiger partial charge in [0.1, 0.15) is 5.56 Å². The highest BCUT2D eigenvalue weighted by atomic mass is 32.1. The summed E-state index contributed by atoms with van der Waals surface area (Å²) in [5.41, 5.74) is 1.11. The lowest BCUT2D eigenvalue weighted by atomic mass is 10.2. The molecule has 0 fully saturated rings. The number of amides is 2. The zero-order valence-electron chi connectivity index (χ0n) is 15.8. The van der Waals surface area contributed by atoms with Gasteiger partial charge in [0.2, 0.25) is 11.8 Å². The van der Waals surface area contributed by atoms with E-state index in [1.807, 2.05) is 35.7 Å². The van der Waals surface area contributed by atoms with E-state index < -0.39 is 0 Å². The van der Waals surface area contributed by atoms with Crippen molar-refractivity contribution >= 4 is 28.8 Å². The van der Waals surface area contributed by atoms with Gasteiger partial charge in [-0.05, 0) is 48.6 Å². The summed E-state index contributed by atoms with van der Waals surface area (Å²) in [4.78, 5) is 32.4. The van der Waals surface area contributed by atoms with Gasteiger partial charge in [-0.25, -0.2) is 4.98 Å². The van der Waals surface area contributed by atoms with Crippen molar-refractivity contribution in [2.75, 3.05) is 18.0 Å². The van der Waals surface area contributed by atoms with Crippen molar-refractivity contribution in [3.05, 3.63) is 70.5 Å². The van der Waals surface area contributed by atoms with E-state index in [4.69, 9.17) is 4.74 Å². The van der Waals surface area contributed by atoms with E-state index in [1.165, 1.54) is 4.88 Å². The summed E-state index contributed by atoms with van der Waals surface area (Å²) in [5, 5.41) is 4.98. The highest BCUT2D eigenvalue weighted by Crippen LogP contribution is 2.37. The number of benzene rings is 1. The molecule has 0 saturated carbocycles. The number of hydrogen-bond acceptors (Lipinski definition) is 5. The van der Waals surface area contributed by atoms with Crippen LogP contribution in [0.15, 0.2) is 60.1 Å². The van der Waals surface area contributed by atoms with Gasteiger partial charge in [-0.3, -0.25) is 9.59 Å². The molecule has 4 rings (SSSR count). The van der Waals surface area contributed by atoms with Crippen molar-refractivity contribution in [2.45, 2.75) is 19.3 Å². The number of thiophene rings is 1. The minimum absolute atomic E-state index is 0.00423. The molecule has 0 unspecified atom stereocenters. The van der Waals surface area contributed by atoms with Crippen LogP contribution in [0.1, 0.15) is 28.1 Å². The number of rotatable bonds is 7. The fraction of sp³-hybridized carbons (Fsp3) is 0.227. The van der Waals surface area contributed by atoms with Crippen LogP contribution in [0.5, 0.6) is 11.6 Å². The van der Waals surface area contributed by atoms with E-state index >= 15 is 0 Å². The summed E-state index contributed by atoms with van der Waals surface area (Å²) >= 11 is 1.69. The maximum Gasteiger partial charge on any atom is 0.263 e. The van der Waals surface area contributed by atoms with Crippen molar-refractivity contribution in [3.8, 4) is 11.6 Å². The summed E-state index contributed by atoms with van der Waals surface area (Å²) in [6.07, 6.45) is 3.35. The molecule has 1 N–H and O–H groups in total. The second kappa shape index (κ2) is 8.87. The predicted molar refractivity (Wildman–Crippen MR) is 113 cm³/mol. The van der Waals surface area contributed by atoms with Crippen molar-refractivity contribution in [2.24, 2.45) is 0 Å². The first-order chi connectivity index (χ1) is 14.2. The molecule has 1 aliphatic rings. The number of para-hydroxylation sites is 2. The van der Waals surface area contributed by atoms with E-state index in [0.29, 0.717) is 48.8 Å². The summed E-state index contributed by atoms with van der Waals surface area (Å²) < 4.78 is 5.87. The molecule has 148 valence electrons. The molecule has 3 aromatic rings. The Morgan fingerprint density at radius 1 is 1.14 bits per heavy atom. The van der Waals surface area contributed by atoms with Gasteiger partial charge in [0.15, 0.2) is 5.75 Å². The van der Waals surface area contributed by atoms with Gasteiger partial charge in [0.25, 0.3) is 5.91 Å². The number of fused-ring (bicyclic) bond motifs is 2. The average Bonchev–Trinajstić information content (AvgIpc) is 3.22. The minimum Gasteiger partial charge on any atom is -0.436 e. The molecular weight excluding hydrogens is 386 g/mol. The predicted octanol–water partition coefficient (Wildman–Crippen LogP) is 4.03. The number of hydrogen-bond donors (Lipinski definition) is 1. The maximum absolute atomic E-state index is 13.1. The number of carbonyl (C=O) groups is 2. The molecule has 2 aromatic heterocycles. The zero-order chi connectivity index (χ0) is 20.1. The second-order valence-electron chi connectivity index (χ2n) is 6.67. The van der Waals surface area contributed by atoms with E-state index in [1.54, 1.807) is 34.6 Å². The third kappa shape index (κ3) is 4.46. The molecule has 6 nitrogen and oxygen atoms in total. The number of nitrogens with zero attached hydrogens (tertiary/aromatic N) is 2. The van der Waals surface area contributed by atoms with Crippen LogP contribution in [0.4, 0.5) is 5.69 Å². The third-order valence-electron chi connectivity index (χ3n) is 4.67. The number of aromatic nitrogens is 1. The molecule has 1 aromatic carbocycles. The lowest BCUT2D eigenvalue weighted by Gasteiger charge is -2.21. The van der Waals surface area contributed by atoms with Crippen LogP contribution >= 0.6 is 11.3 Å². The second-order valence-corrected chi connectivity index (χ2v) is 7.70. The quantitative estimate of drug-likeness (QED) is 0.642. The molecule has 0 radical (unpaired) electrons. The molecule has 0 bridgehead atoms. The monoisotopic (exact) mass is 407 g/mol. The van der Waals surface area contributed by atoms with Crippen LogP contribution in [0.3, 0.4) is 0 Å². The molecule has 0 saturated heterocycles. The van der Waals surface area contributed by atoms with E-state index in [2.05, 4.69) is 16.4 Å². The van der Waals surface area contributed by atoms with Crippen molar-refractivity contribution in [3.63, 3.8) is 0 Å². The summed E-state index contributed by atoms with van der Waals surface area (Å²) in [7, 11) is 0. The topological polar surface area (TPSA) is 71.5 Å². The van der Waals surface area contributed by atoms with Crippen molar-refractivity contribution in [1.29, 1.82) is 0 Å². The minimum atomic E-state index is -0.170. The van der Waals surface area contributed by atoms with Crippen LogP contribution in [0.2, 0.25) is 0 Å². The first-order valence-electron chi connectivity index (χ1n) is 9.55. The Morgan fingerprint density at radius 2 is 2.03 bits per heavy atom. The Morgan fingerprint density at radius 3 is 2.90 bits per heavy atom. The highest BCUT2D eigenvalue weighted by Gasteiger charge is 2.28. The van der Waals surface area contributed by atoms with Crippen LogP contribution < -0.4 is 15.0 Å². The zero-order valence-corrected chi connectivity index (χ0v) is 16.7. The Balaban J connectivity index is 1.38. The number of nitrogens with one attached hydrogen (secondary N) is 1. The Labute approximate surface area is 173 Å². The third-order valence-corrected chi connectivity index (χ3v) is 5.60. The van der Waals surface area contributed by atoms with Crippen LogP contribution in [-0.2, 0) is 11.2 Å². The summed E-state index contributed by atoms with van der Waals surface area (Å²) in [5.74, 6) is 0.712. The Kier molecular flexibility index (Phi) is 5.86. The largest absolute Gasteiger partial charge is 0.436 e. The molecule has 1 aliphatic heterocycles. The molecule has 2 amide bonds. The molecular formula is C22H21N3O3S. The SMILES string of the molecule is O=C(CCCN1C(=O)c2cccnc2Oc2ccccc21)NCCc1cccs1. The van der Waals surface area contributed by atoms with E-state index in [0.717, 1.165) is 6.42 Å². The highest BCUT2D eigenvalue weighted by molar-refractivity contribution is 7.09. The fourth-order valence-electron chi connectivity index (χ4n) is 3.25. The van der Waals surface area contributed by atoms with Gasteiger partial charge < -0.3 is 15.0 Å². The standard InChI is InChI=1S/C22H21N3O3S/c26-20(23-13-11-16-6-5-15-29-16)10-4-14-25-18-8-1-2-9-19(18)28-21-17(22(25)27)7-3-12-24-21/h1-3,5-9,12,15H,4,10-11,13-14H2,(H,23,26). The van der Waals surface area contributed by atoms with Gasteiger partial charge in [-0.2, -0.15) is 0 Å². The Bertz CT molecular complexity index is 1000. The number of pyridine rings is 1. The normalized spacial score (nSPS) is 12.6. The van der Waals surface area contributed by atoms with E-state index in [-0.39, 0.29) is 11.8 Å². The molecule has 0 spiro atoms. The van der Waals surface area contributed by atoms with Gasteiger partial charge >= 0.3 is 0 Å². The van der Waals surface area contributed by atoms with Crippen LogP contribution in [0, 0.1) is 0 Å². The molecule has 0 aliphatic carbocycles. The molecule has 0 atom stereocenters. The van der Waals surface area contributed by atoms with Gasteiger partial charge in [-0.1, -0.05) is 18.2 Å². The maximum atomic E-state index is 13.1. The molecule has 7 heteroatoms. The summed E-state index contributed by atoms with van der Waals surface area (Å²) in [6, 6.07) is 14.9. The van der Waals surface area contributed by atoms with Crippen LogP contribution in [-0.4, -0.2) is 29.9 Å². The van der Waals surface area contributed by atoms with Crippen LogP contribution in [0.25, 0.3) is 0 Å². The molecule has 29 heavy (non-hydrogen) atoms. The van der Waals surface area contributed by atoms with Gasteiger partial charge in [0, 0.05) is 30.6 Å². The van der Waals surface area contributed by atoms with Gasteiger partial charge in [0.05, 0.1) is 5.69 Å². The lowest BCUT2D eigenvalue weighted by Crippen LogP contribution is -2.32. The lowest BCUT2D eigenvalue weighted by molar-refractivity contribution is -0.121. The number of carbonyl (C=O) groups excluding carboxylic acids is 2. The molecule has 3 heterocycles. The number of ether oxygens (including phenoxy) is 1. The first-order valence-corrected chi connectivity index (χ1v) is 10.4. The Hall–Kier alpha value is -3.19. The van der Waals surface area contributed by atoms with Crippen molar-refractivity contribution in [1.82, 2.24) is 10.3 Å². The average molecular weight is 407 g/mol. The fourth-order valence-corrected chi connectivity index (χ4v) is 3.96. The number of anilines is 1. The van der Waals surface area contributed by atoms with Crippen molar-refractivity contribution < 1.29 is 14.3 Å².